The number of imidazole rings is 1. The second-order valence-electron chi connectivity index (χ2n) is 4.05. The number of aliphatic hydroxyl groups is 1. The maximum atomic E-state index is 8.93. The van der Waals surface area contributed by atoms with E-state index in [4.69, 9.17) is 5.11 Å². The molecule has 0 radical (unpaired) electrons. The minimum atomic E-state index is 0.0974. The lowest BCUT2D eigenvalue weighted by Gasteiger charge is -2.04. The molecule has 90 valence electrons. The van der Waals surface area contributed by atoms with Crippen LogP contribution in [-0.2, 0) is 19.7 Å². The summed E-state index contributed by atoms with van der Waals surface area (Å²) in [4.78, 5) is 7.28. The summed E-state index contributed by atoms with van der Waals surface area (Å²) in [6, 6.07) is 7.93. The van der Waals surface area contributed by atoms with E-state index in [1.54, 1.807) is 6.33 Å². The Balaban J connectivity index is 1.83. The summed E-state index contributed by atoms with van der Waals surface area (Å²) in [5.74, 6) is 0. The third-order valence-electron chi connectivity index (χ3n) is 2.76. The van der Waals surface area contributed by atoms with Crippen LogP contribution in [0.1, 0.15) is 22.5 Å². The van der Waals surface area contributed by atoms with Crippen LogP contribution < -0.4 is 5.32 Å². The Morgan fingerprint density at radius 3 is 2.47 bits per heavy atom. The van der Waals surface area contributed by atoms with Crippen molar-refractivity contribution in [3.8, 4) is 0 Å². The van der Waals surface area contributed by atoms with E-state index in [2.05, 4.69) is 15.3 Å². The van der Waals surface area contributed by atoms with Crippen molar-refractivity contribution in [2.24, 2.45) is 0 Å². The molecule has 1 heterocycles. The summed E-state index contributed by atoms with van der Waals surface area (Å²) in [6.45, 7) is 3.68. The molecular formula is C13H17N3O. The van der Waals surface area contributed by atoms with E-state index in [-0.39, 0.29) is 6.61 Å². The summed E-state index contributed by atoms with van der Waals surface area (Å²) < 4.78 is 0. The first-order chi connectivity index (χ1) is 8.29. The van der Waals surface area contributed by atoms with Gasteiger partial charge in [-0.05, 0) is 18.1 Å². The Morgan fingerprint density at radius 2 is 1.88 bits per heavy atom. The van der Waals surface area contributed by atoms with Crippen molar-refractivity contribution in [1.82, 2.24) is 15.3 Å². The first-order valence-corrected chi connectivity index (χ1v) is 5.68. The largest absolute Gasteiger partial charge is 0.392 e. The van der Waals surface area contributed by atoms with E-state index in [0.717, 1.165) is 30.0 Å². The zero-order valence-electron chi connectivity index (χ0n) is 9.90. The second kappa shape index (κ2) is 5.61. The molecular weight excluding hydrogens is 214 g/mol. The number of hydrogen-bond donors (Lipinski definition) is 3. The molecule has 2 aromatic rings. The molecule has 0 saturated carbocycles. The van der Waals surface area contributed by atoms with Crippen molar-refractivity contribution < 1.29 is 5.11 Å². The van der Waals surface area contributed by atoms with Crippen molar-refractivity contribution in [3.63, 3.8) is 0 Å². The standard InChI is InChI=1S/C13H17N3O/c1-10-13(16-9-15-10)7-14-6-11-2-4-12(8-17)5-3-11/h2-5,9,14,17H,6-8H2,1H3,(H,15,16). The first kappa shape index (κ1) is 11.8. The van der Waals surface area contributed by atoms with E-state index in [0.29, 0.717) is 0 Å². The lowest BCUT2D eigenvalue weighted by molar-refractivity contribution is 0.282. The van der Waals surface area contributed by atoms with E-state index >= 15 is 0 Å². The predicted octanol–water partition coefficient (Wildman–Crippen LogP) is 1.50. The zero-order valence-corrected chi connectivity index (χ0v) is 9.90. The van der Waals surface area contributed by atoms with Crippen LogP contribution >= 0.6 is 0 Å². The van der Waals surface area contributed by atoms with Gasteiger partial charge in [0.25, 0.3) is 0 Å². The van der Waals surface area contributed by atoms with Crippen molar-refractivity contribution in [2.75, 3.05) is 0 Å². The molecule has 0 unspecified atom stereocenters. The van der Waals surface area contributed by atoms with Crippen LogP contribution in [0.5, 0.6) is 0 Å². The Morgan fingerprint density at radius 1 is 1.18 bits per heavy atom. The molecule has 0 fully saturated rings. The lowest BCUT2D eigenvalue weighted by atomic mass is 10.1. The smallest absolute Gasteiger partial charge is 0.0925 e. The van der Waals surface area contributed by atoms with Gasteiger partial charge in [-0.25, -0.2) is 4.98 Å². The first-order valence-electron chi connectivity index (χ1n) is 5.68. The van der Waals surface area contributed by atoms with Crippen molar-refractivity contribution in [3.05, 3.63) is 53.1 Å². The van der Waals surface area contributed by atoms with Gasteiger partial charge in [-0.1, -0.05) is 24.3 Å². The monoisotopic (exact) mass is 231 g/mol. The molecule has 2 rings (SSSR count). The summed E-state index contributed by atoms with van der Waals surface area (Å²) >= 11 is 0. The molecule has 1 aromatic carbocycles. The van der Waals surface area contributed by atoms with E-state index in [1.165, 1.54) is 5.56 Å². The molecule has 4 heteroatoms. The van der Waals surface area contributed by atoms with Gasteiger partial charge in [-0.15, -0.1) is 0 Å². The number of aliphatic hydroxyl groups excluding tert-OH is 1. The predicted molar refractivity (Wildman–Crippen MR) is 66.2 cm³/mol. The van der Waals surface area contributed by atoms with Gasteiger partial charge in [0.15, 0.2) is 0 Å². The van der Waals surface area contributed by atoms with Crippen LogP contribution in [0.15, 0.2) is 30.6 Å². The average Bonchev–Trinajstić information content (AvgIpc) is 2.76. The Hall–Kier alpha value is -1.65. The van der Waals surface area contributed by atoms with Crippen LogP contribution in [0.2, 0.25) is 0 Å². The van der Waals surface area contributed by atoms with E-state index in [9.17, 15) is 0 Å². The van der Waals surface area contributed by atoms with Crippen molar-refractivity contribution in [1.29, 1.82) is 0 Å². The minimum absolute atomic E-state index is 0.0974. The molecule has 0 bridgehead atoms. The summed E-state index contributed by atoms with van der Waals surface area (Å²) in [5, 5.41) is 12.3. The molecule has 17 heavy (non-hydrogen) atoms. The fraction of sp³-hybridized carbons (Fsp3) is 0.308. The topological polar surface area (TPSA) is 60.9 Å². The van der Waals surface area contributed by atoms with E-state index < -0.39 is 0 Å². The Labute approximate surface area is 101 Å². The number of rotatable bonds is 5. The third kappa shape index (κ3) is 3.15. The number of hydrogen-bond acceptors (Lipinski definition) is 3. The number of nitrogens with zero attached hydrogens (tertiary/aromatic N) is 1. The lowest BCUT2D eigenvalue weighted by Crippen LogP contribution is -2.13. The molecule has 1 aromatic heterocycles. The highest BCUT2D eigenvalue weighted by atomic mass is 16.3. The molecule has 0 aliphatic carbocycles. The van der Waals surface area contributed by atoms with Crippen LogP contribution in [0.3, 0.4) is 0 Å². The minimum Gasteiger partial charge on any atom is -0.392 e. The molecule has 3 N–H and O–H groups in total. The molecule has 0 atom stereocenters. The molecule has 0 saturated heterocycles. The van der Waals surface area contributed by atoms with Gasteiger partial charge < -0.3 is 15.4 Å². The van der Waals surface area contributed by atoms with Gasteiger partial charge in [0.1, 0.15) is 0 Å². The van der Waals surface area contributed by atoms with Crippen LogP contribution in [0.25, 0.3) is 0 Å². The number of aryl methyl sites for hydroxylation is 1. The van der Waals surface area contributed by atoms with Gasteiger partial charge in [0.2, 0.25) is 0 Å². The van der Waals surface area contributed by atoms with Crippen molar-refractivity contribution >= 4 is 0 Å². The SMILES string of the molecule is Cc1[nH]cnc1CNCc1ccc(CO)cc1. The fourth-order valence-electron chi connectivity index (χ4n) is 1.65. The number of nitrogens with one attached hydrogen (secondary N) is 2. The van der Waals surface area contributed by atoms with Gasteiger partial charge in [0, 0.05) is 18.8 Å². The maximum absolute atomic E-state index is 8.93. The van der Waals surface area contributed by atoms with Crippen LogP contribution in [0, 0.1) is 6.92 Å². The van der Waals surface area contributed by atoms with Gasteiger partial charge >= 0.3 is 0 Å². The normalized spacial score (nSPS) is 10.7. The molecule has 4 nitrogen and oxygen atoms in total. The van der Waals surface area contributed by atoms with Gasteiger partial charge in [-0.3, -0.25) is 0 Å². The highest BCUT2D eigenvalue weighted by Crippen LogP contribution is 2.05. The number of H-pyrrole nitrogens is 1. The highest BCUT2D eigenvalue weighted by Gasteiger charge is 2.00. The fourth-order valence-corrected chi connectivity index (χ4v) is 1.65. The third-order valence-corrected chi connectivity index (χ3v) is 2.76. The van der Waals surface area contributed by atoms with Gasteiger partial charge in [-0.2, -0.15) is 0 Å². The quantitative estimate of drug-likeness (QED) is 0.731. The number of aromatic amines is 1. The maximum Gasteiger partial charge on any atom is 0.0925 e. The van der Waals surface area contributed by atoms with Crippen LogP contribution in [0.4, 0.5) is 0 Å². The summed E-state index contributed by atoms with van der Waals surface area (Å²) in [5.41, 5.74) is 4.30. The van der Waals surface area contributed by atoms with Crippen LogP contribution in [-0.4, -0.2) is 15.1 Å². The molecule has 0 spiro atoms. The van der Waals surface area contributed by atoms with Gasteiger partial charge in [0.05, 0.1) is 18.6 Å². The number of aromatic nitrogens is 2. The van der Waals surface area contributed by atoms with Crippen molar-refractivity contribution in [2.45, 2.75) is 26.6 Å². The number of benzene rings is 1. The summed E-state index contributed by atoms with van der Waals surface area (Å²) in [6.07, 6.45) is 1.71. The highest BCUT2D eigenvalue weighted by molar-refractivity contribution is 5.21. The summed E-state index contributed by atoms with van der Waals surface area (Å²) in [7, 11) is 0. The van der Waals surface area contributed by atoms with E-state index in [1.807, 2.05) is 31.2 Å². The Bertz CT molecular complexity index is 462. The molecule has 0 aliphatic rings. The second-order valence-corrected chi connectivity index (χ2v) is 4.05. The Kier molecular flexibility index (Phi) is 3.90. The zero-order chi connectivity index (χ0) is 12.1. The average molecular weight is 231 g/mol. The molecule has 0 amide bonds. The molecule has 0 aliphatic heterocycles.